The lowest BCUT2D eigenvalue weighted by Gasteiger charge is -2.12. The molecule has 118 valence electrons. The molecule has 1 unspecified atom stereocenters. The van der Waals surface area contributed by atoms with E-state index in [0.717, 1.165) is 15.9 Å². The molecular weight excluding hydrogens is 312 g/mol. The Hall–Kier alpha value is -2.41. The predicted molar refractivity (Wildman–Crippen MR) is 89.5 cm³/mol. The third-order valence-corrected chi connectivity index (χ3v) is 4.32. The van der Waals surface area contributed by atoms with E-state index >= 15 is 0 Å². The molecule has 0 aliphatic heterocycles. The average Bonchev–Trinajstić information content (AvgIpc) is 2.92. The van der Waals surface area contributed by atoms with Crippen molar-refractivity contribution < 1.29 is 9.32 Å². The summed E-state index contributed by atoms with van der Waals surface area (Å²) in [5.41, 5.74) is 0.877. The van der Waals surface area contributed by atoms with E-state index in [0.29, 0.717) is 17.4 Å². The summed E-state index contributed by atoms with van der Waals surface area (Å²) in [6.07, 6.45) is 0. The largest absolute Gasteiger partial charge is 0.360 e. The molecule has 1 aromatic carbocycles. The zero-order chi connectivity index (χ0) is 16.4. The number of thioether (sulfide) groups is 1. The van der Waals surface area contributed by atoms with Crippen LogP contribution in [0.5, 0.6) is 0 Å². The second-order valence-electron chi connectivity index (χ2n) is 5.17. The summed E-state index contributed by atoms with van der Waals surface area (Å²) in [5, 5.41) is 7.92. The number of fused-ring (bicyclic) bond motifs is 1. The Kier molecular flexibility index (Phi) is 4.29. The van der Waals surface area contributed by atoms with E-state index < -0.39 is 0 Å². The van der Waals surface area contributed by atoms with E-state index in [1.54, 1.807) is 13.0 Å². The van der Waals surface area contributed by atoms with Gasteiger partial charge in [-0.05, 0) is 26.8 Å². The molecule has 1 N–H and O–H groups in total. The van der Waals surface area contributed by atoms with Crippen LogP contribution in [0.3, 0.4) is 0 Å². The zero-order valence-electron chi connectivity index (χ0n) is 13.0. The highest BCUT2D eigenvalue weighted by Crippen LogP contribution is 2.29. The maximum absolute atomic E-state index is 12.3. The lowest BCUT2D eigenvalue weighted by atomic mass is 10.2. The van der Waals surface area contributed by atoms with Crippen molar-refractivity contribution in [2.75, 3.05) is 5.32 Å². The molecule has 23 heavy (non-hydrogen) atoms. The molecule has 2 heterocycles. The number of rotatable bonds is 4. The van der Waals surface area contributed by atoms with Gasteiger partial charge in [0.1, 0.15) is 16.6 Å². The van der Waals surface area contributed by atoms with Crippen LogP contribution in [-0.4, -0.2) is 26.3 Å². The molecule has 6 nitrogen and oxygen atoms in total. The molecule has 3 rings (SSSR count). The number of para-hydroxylation sites is 1. The van der Waals surface area contributed by atoms with Crippen molar-refractivity contribution in [2.24, 2.45) is 0 Å². The molecule has 2 aromatic heterocycles. The van der Waals surface area contributed by atoms with E-state index in [9.17, 15) is 4.79 Å². The molecule has 0 saturated heterocycles. The summed E-state index contributed by atoms with van der Waals surface area (Å²) < 4.78 is 4.94. The fraction of sp³-hybridized carbons (Fsp3) is 0.250. The normalized spacial score (nSPS) is 12.3. The third kappa shape index (κ3) is 3.50. The Morgan fingerprint density at radius 3 is 2.78 bits per heavy atom. The van der Waals surface area contributed by atoms with Gasteiger partial charge in [-0.15, -0.1) is 0 Å². The Bertz CT molecular complexity index is 862. The van der Waals surface area contributed by atoms with Crippen molar-refractivity contribution in [3.05, 3.63) is 41.9 Å². The van der Waals surface area contributed by atoms with Gasteiger partial charge in [0.2, 0.25) is 5.91 Å². The molecule has 0 saturated carbocycles. The summed E-state index contributed by atoms with van der Waals surface area (Å²) in [6, 6.07) is 9.46. The first kappa shape index (κ1) is 15.5. The van der Waals surface area contributed by atoms with Crippen LogP contribution in [0.4, 0.5) is 5.82 Å². The van der Waals surface area contributed by atoms with E-state index in [1.807, 2.05) is 38.1 Å². The van der Waals surface area contributed by atoms with Gasteiger partial charge in [0.15, 0.2) is 5.82 Å². The Morgan fingerprint density at radius 1 is 1.26 bits per heavy atom. The Labute approximate surface area is 137 Å². The van der Waals surface area contributed by atoms with Crippen molar-refractivity contribution in [3.63, 3.8) is 0 Å². The molecular formula is C16H16N4O2S. The van der Waals surface area contributed by atoms with Crippen LogP contribution >= 0.6 is 11.8 Å². The number of benzene rings is 1. The van der Waals surface area contributed by atoms with Crippen LogP contribution in [0.1, 0.15) is 18.5 Å². The number of amides is 1. The van der Waals surface area contributed by atoms with Gasteiger partial charge in [-0.3, -0.25) is 4.79 Å². The Balaban J connectivity index is 1.79. The van der Waals surface area contributed by atoms with Crippen LogP contribution < -0.4 is 5.32 Å². The van der Waals surface area contributed by atoms with Crippen LogP contribution in [0.2, 0.25) is 0 Å². The van der Waals surface area contributed by atoms with Gasteiger partial charge in [0, 0.05) is 11.5 Å². The molecule has 1 amide bonds. The fourth-order valence-electron chi connectivity index (χ4n) is 2.12. The number of aryl methyl sites for hydroxylation is 2. The molecule has 0 radical (unpaired) electrons. The average molecular weight is 328 g/mol. The predicted octanol–water partition coefficient (Wildman–Crippen LogP) is 3.35. The van der Waals surface area contributed by atoms with Gasteiger partial charge in [-0.1, -0.05) is 35.1 Å². The van der Waals surface area contributed by atoms with Crippen LogP contribution in [0.15, 0.2) is 39.9 Å². The standard InChI is InChI=1S/C16H16N4O2S/c1-9-8-14(20-22-9)19-15(21)10(2)23-16-12-6-4-5-7-13(12)17-11(3)18-16/h4-8,10H,1-3H3,(H,19,20,21). The lowest BCUT2D eigenvalue weighted by Crippen LogP contribution is -2.22. The topological polar surface area (TPSA) is 80.9 Å². The minimum atomic E-state index is -0.329. The number of hydrogen-bond acceptors (Lipinski definition) is 6. The SMILES string of the molecule is Cc1nc(SC(C)C(=O)Nc2cc(C)on2)c2ccccc2n1. The first-order chi connectivity index (χ1) is 11.0. The number of aromatic nitrogens is 3. The maximum Gasteiger partial charge on any atom is 0.238 e. The van der Waals surface area contributed by atoms with Gasteiger partial charge < -0.3 is 9.84 Å². The molecule has 7 heteroatoms. The van der Waals surface area contributed by atoms with Crippen LogP contribution in [-0.2, 0) is 4.79 Å². The summed E-state index contributed by atoms with van der Waals surface area (Å²) in [4.78, 5) is 21.2. The fourth-order valence-corrected chi connectivity index (χ4v) is 3.11. The second-order valence-corrected chi connectivity index (χ2v) is 6.49. The number of carbonyl (C=O) groups is 1. The summed E-state index contributed by atoms with van der Waals surface area (Å²) in [5.74, 6) is 1.61. The highest BCUT2D eigenvalue weighted by Gasteiger charge is 2.18. The number of nitrogens with one attached hydrogen (secondary N) is 1. The van der Waals surface area contributed by atoms with E-state index in [1.165, 1.54) is 11.8 Å². The number of nitrogens with zero attached hydrogens (tertiary/aromatic N) is 3. The minimum absolute atomic E-state index is 0.149. The van der Waals surface area contributed by atoms with Crippen molar-refractivity contribution in [3.8, 4) is 0 Å². The molecule has 0 fully saturated rings. The summed E-state index contributed by atoms with van der Waals surface area (Å²) >= 11 is 1.40. The highest BCUT2D eigenvalue weighted by atomic mass is 32.2. The number of hydrogen-bond donors (Lipinski definition) is 1. The van der Waals surface area contributed by atoms with Crippen molar-refractivity contribution in [1.29, 1.82) is 0 Å². The molecule has 0 aliphatic rings. The quantitative estimate of drug-likeness (QED) is 0.584. The molecule has 0 bridgehead atoms. The molecule has 0 spiro atoms. The Morgan fingerprint density at radius 2 is 2.04 bits per heavy atom. The smallest absolute Gasteiger partial charge is 0.238 e. The van der Waals surface area contributed by atoms with Crippen LogP contribution in [0, 0.1) is 13.8 Å². The molecule has 1 atom stereocenters. The lowest BCUT2D eigenvalue weighted by molar-refractivity contribution is -0.115. The van der Waals surface area contributed by atoms with Gasteiger partial charge >= 0.3 is 0 Å². The number of anilines is 1. The minimum Gasteiger partial charge on any atom is -0.360 e. The van der Waals surface area contributed by atoms with Gasteiger partial charge in [0.25, 0.3) is 0 Å². The van der Waals surface area contributed by atoms with Gasteiger partial charge in [0.05, 0.1) is 10.8 Å². The third-order valence-electron chi connectivity index (χ3n) is 3.22. The summed E-state index contributed by atoms with van der Waals surface area (Å²) in [6.45, 7) is 5.45. The van der Waals surface area contributed by atoms with E-state index in [-0.39, 0.29) is 11.2 Å². The molecule has 0 aliphatic carbocycles. The second kappa shape index (κ2) is 6.37. The first-order valence-corrected chi connectivity index (χ1v) is 8.05. The monoisotopic (exact) mass is 328 g/mol. The van der Waals surface area contributed by atoms with Crippen molar-refractivity contribution in [2.45, 2.75) is 31.0 Å². The molecule has 3 aromatic rings. The highest BCUT2D eigenvalue weighted by molar-refractivity contribution is 8.00. The van der Waals surface area contributed by atoms with Gasteiger partial charge in [-0.25, -0.2) is 9.97 Å². The number of carbonyl (C=O) groups excluding carboxylic acids is 1. The van der Waals surface area contributed by atoms with Crippen molar-refractivity contribution in [1.82, 2.24) is 15.1 Å². The van der Waals surface area contributed by atoms with Crippen LogP contribution in [0.25, 0.3) is 10.9 Å². The van der Waals surface area contributed by atoms with Gasteiger partial charge in [-0.2, -0.15) is 0 Å². The maximum atomic E-state index is 12.3. The summed E-state index contributed by atoms with van der Waals surface area (Å²) in [7, 11) is 0. The van der Waals surface area contributed by atoms with Crippen molar-refractivity contribution >= 4 is 34.4 Å². The zero-order valence-corrected chi connectivity index (χ0v) is 13.8. The van der Waals surface area contributed by atoms with E-state index in [4.69, 9.17) is 4.52 Å². The first-order valence-electron chi connectivity index (χ1n) is 7.17. The van der Waals surface area contributed by atoms with E-state index in [2.05, 4.69) is 20.4 Å².